The average Bonchev–Trinajstić information content (AvgIpc) is 3.17. The number of nitrogens with zero attached hydrogens (tertiary/aromatic N) is 2. The van der Waals surface area contributed by atoms with Gasteiger partial charge in [0, 0.05) is 17.9 Å². The SMILES string of the molecule is CCOc1ccc(N2C(=O)c3cc(S(=O)(=O)Nc4ccc(C)cc4)ccc3N(Cc3ccccc3)C2c2cccc(OCc3ccccc3)c2)cc1. The van der Waals surface area contributed by atoms with Crippen molar-refractivity contribution in [2.45, 2.75) is 38.1 Å². The zero-order valence-electron chi connectivity index (χ0n) is 29.0. The lowest BCUT2D eigenvalue weighted by molar-refractivity contribution is 0.0967. The molecule has 6 aromatic carbocycles. The number of anilines is 3. The number of carbonyl (C=O) groups is 1. The van der Waals surface area contributed by atoms with Crippen molar-refractivity contribution < 1.29 is 22.7 Å². The van der Waals surface area contributed by atoms with Gasteiger partial charge in [0.15, 0.2) is 0 Å². The molecule has 0 saturated carbocycles. The van der Waals surface area contributed by atoms with Crippen LogP contribution in [0.15, 0.2) is 157 Å². The van der Waals surface area contributed by atoms with Crippen LogP contribution in [0.4, 0.5) is 17.1 Å². The number of hydrogen-bond donors (Lipinski definition) is 1. The van der Waals surface area contributed by atoms with Crippen molar-refractivity contribution in [2.75, 3.05) is 21.1 Å². The first-order chi connectivity index (χ1) is 25.3. The molecule has 0 saturated heterocycles. The molecule has 0 spiro atoms. The van der Waals surface area contributed by atoms with Crippen molar-refractivity contribution in [1.82, 2.24) is 0 Å². The summed E-state index contributed by atoms with van der Waals surface area (Å²) in [5, 5.41) is 0. The summed E-state index contributed by atoms with van der Waals surface area (Å²) in [7, 11) is -4.03. The molecule has 9 heteroatoms. The molecule has 1 N–H and O–H groups in total. The van der Waals surface area contributed by atoms with E-state index in [2.05, 4.69) is 9.62 Å². The molecule has 1 atom stereocenters. The number of amides is 1. The van der Waals surface area contributed by atoms with Gasteiger partial charge in [-0.25, -0.2) is 8.42 Å². The average molecular weight is 710 g/mol. The Kier molecular flexibility index (Phi) is 9.95. The fraction of sp³-hybridized carbons (Fsp3) is 0.140. The zero-order chi connectivity index (χ0) is 36.1. The van der Waals surface area contributed by atoms with Crippen molar-refractivity contribution in [2.24, 2.45) is 0 Å². The number of aryl methyl sites for hydroxylation is 1. The molecule has 8 nitrogen and oxygen atoms in total. The van der Waals surface area contributed by atoms with Gasteiger partial charge in [-0.05, 0) is 97.3 Å². The normalized spacial score (nSPS) is 14.1. The summed E-state index contributed by atoms with van der Waals surface area (Å²) in [6.07, 6.45) is -0.619. The number of fused-ring (bicyclic) bond motifs is 1. The first kappa shape index (κ1) is 34.4. The molecular weight excluding hydrogens is 671 g/mol. The van der Waals surface area contributed by atoms with E-state index in [4.69, 9.17) is 9.47 Å². The third-order valence-corrected chi connectivity index (χ3v) is 10.3. The maximum atomic E-state index is 14.9. The van der Waals surface area contributed by atoms with E-state index in [1.54, 1.807) is 29.2 Å². The number of rotatable bonds is 12. The van der Waals surface area contributed by atoms with E-state index >= 15 is 0 Å². The van der Waals surface area contributed by atoms with Crippen LogP contribution in [-0.2, 0) is 23.2 Å². The van der Waals surface area contributed by atoms with E-state index in [1.165, 1.54) is 6.07 Å². The smallest absolute Gasteiger partial charge is 0.262 e. The standard InChI is InChI=1S/C43H39N3O5S/c1-3-50-37-23-21-36(22-24-37)46-42(34-15-10-16-38(27-34)51-30-33-13-8-5-9-14-33)45(29-32-11-6-4-7-12-32)41-26-25-39(28-40(41)43(46)47)52(48,49)44-35-19-17-31(2)18-20-35/h4-28,42,44H,3,29-30H2,1-2H3. The molecule has 1 amide bonds. The van der Waals surface area contributed by atoms with Gasteiger partial charge in [-0.15, -0.1) is 0 Å². The predicted molar refractivity (Wildman–Crippen MR) is 205 cm³/mol. The van der Waals surface area contributed by atoms with E-state index in [-0.39, 0.29) is 16.4 Å². The molecular formula is C43H39N3O5S. The van der Waals surface area contributed by atoms with Crippen LogP contribution < -0.4 is 24.0 Å². The second-order valence-corrected chi connectivity index (χ2v) is 14.3. The highest BCUT2D eigenvalue weighted by Gasteiger charge is 2.40. The largest absolute Gasteiger partial charge is 0.494 e. The lowest BCUT2D eigenvalue weighted by Crippen LogP contribution is -2.49. The Morgan fingerprint density at radius 2 is 1.38 bits per heavy atom. The Hall–Kier alpha value is -6.06. The first-order valence-electron chi connectivity index (χ1n) is 17.2. The third kappa shape index (κ3) is 7.50. The van der Waals surface area contributed by atoms with E-state index in [0.29, 0.717) is 48.3 Å². The van der Waals surface area contributed by atoms with Crippen LogP contribution in [-0.4, -0.2) is 20.9 Å². The minimum atomic E-state index is -4.03. The second-order valence-electron chi connectivity index (χ2n) is 12.6. The molecule has 0 aromatic heterocycles. The van der Waals surface area contributed by atoms with Crippen molar-refractivity contribution in [3.8, 4) is 11.5 Å². The van der Waals surface area contributed by atoms with Crippen molar-refractivity contribution in [3.05, 3.63) is 179 Å². The highest BCUT2D eigenvalue weighted by molar-refractivity contribution is 7.92. The summed E-state index contributed by atoms with van der Waals surface area (Å²) in [6, 6.07) is 47.0. The van der Waals surface area contributed by atoms with Gasteiger partial charge < -0.3 is 14.4 Å². The molecule has 1 aliphatic heterocycles. The minimum Gasteiger partial charge on any atom is -0.494 e. The van der Waals surface area contributed by atoms with E-state index in [1.807, 2.05) is 135 Å². The quantitative estimate of drug-likeness (QED) is 0.136. The van der Waals surface area contributed by atoms with Gasteiger partial charge in [-0.2, -0.15) is 0 Å². The molecule has 0 bridgehead atoms. The molecule has 0 aliphatic carbocycles. The Labute approximate surface area is 304 Å². The number of benzene rings is 6. The second kappa shape index (κ2) is 15.0. The maximum Gasteiger partial charge on any atom is 0.262 e. The van der Waals surface area contributed by atoms with Crippen LogP contribution in [0, 0.1) is 6.92 Å². The number of nitrogens with one attached hydrogen (secondary N) is 1. The Bertz CT molecular complexity index is 2260. The van der Waals surface area contributed by atoms with Crippen molar-refractivity contribution in [1.29, 1.82) is 0 Å². The summed E-state index contributed by atoms with van der Waals surface area (Å²) in [4.78, 5) is 18.8. The van der Waals surface area contributed by atoms with Gasteiger partial charge in [0.2, 0.25) is 0 Å². The topological polar surface area (TPSA) is 88.2 Å². The fourth-order valence-electron chi connectivity index (χ4n) is 6.37. The van der Waals surface area contributed by atoms with Gasteiger partial charge in [-0.3, -0.25) is 14.4 Å². The molecule has 1 heterocycles. The van der Waals surface area contributed by atoms with E-state index in [9.17, 15) is 13.2 Å². The predicted octanol–water partition coefficient (Wildman–Crippen LogP) is 9.14. The van der Waals surface area contributed by atoms with Crippen molar-refractivity contribution >= 4 is 33.0 Å². The maximum absolute atomic E-state index is 14.9. The monoisotopic (exact) mass is 709 g/mol. The summed E-state index contributed by atoms with van der Waals surface area (Å²) in [5.41, 5.74) is 5.85. The minimum absolute atomic E-state index is 0.0127. The van der Waals surface area contributed by atoms with Gasteiger partial charge in [0.1, 0.15) is 24.3 Å². The highest BCUT2D eigenvalue weighted by atomic mass is 32.2. The van der Waals surface area contributed by atoms with Crippen molar-refractivity contribution in [3.63, 3.8) is 0 Å². The molecule has 7 rings (SSSR count). The molecule has 1 unspecified atom stereocenters. The van der Waals surface area contributed by atoms with E-state index in [0.717, 1.165) is 22.3 Å². The molecule has 262 valence electrons. The van der Waals surface area contributed by atoms with Crippen LogP contribution in [0.2, 0.25) is 0 Å². The van der Waals surface area contributed by atoms with Crippen LogP contribution in [0.5, 0.6) is 11.5 Å². The molecule has 1 aliphatic rings. The summed E-state index contributed by atoms with van der Waals surface area (Å²) in [6.45, 7) is 5.18. The molecule has 52 heavy (non-hydrogen) atoms. The van der Waals surface area contributed by atoms with Crippen LogP contribution >= 0.6 is 0 Å². The number of ether oxygens (including phenoxy) is 2. The van der Waals surface area contributed by atoms with Gasteiger partial charge in [-0.1, -0.05) is 90.5 Å². The Morgan fingerprint density at radius 1 is 0.692 bits per heavy atom. The van der Waals surface area contributed by atoms with Gasteiger partial charge in [0.05, 0.1) is 22.8 Å². The Morgan fingerprint density at radius 3 is 2.08 bits per heavy atom. The number of sulfonamides is 1. The Balaban J connectivity index is 1.35. The molecule has 6 aromatic rings. The zero-order valence-corrected chi connectivity index (χ0v) is 29.8. The van der Waals surface area contributed by atoms with Crippen LogP contribution in [0.1, 0.15) is 45.7 Å². The van der Waals surface area contributed by atoms with Crippen LogP contribution in [0.3, 0.4) is 0 Å². The van der Waals surface area contributed by atoms with E-state index < -0.39 is 16.2 Å². The number of hydrogen-bond acceptors (Lipinski definition) is 6. The highest BCUT2D eigenvalue weighted by Crippen LogP contribution is 2.44. The first-order valence-corrected chi connectivity index (χ1v) is 18.6. The lowest BCUT2D eigenvalue weighted by atomic mass is 9.99. The number of carbonyl (C=O) groups excluding carboxylic acids is 1. The summed E-state index contributed by atoms with van der Waals surface area (Å²) >= 11 is 0. The lowest BCUT2D eigenvalue weighted by Gasteiger charge is -2.46. The van der Waals surface area contributed by atoms with Crippen LogP contribution in [0.25, 0.3) is 0 Å². The van der Waals surface area contributed by atoms with Gasteiger partial charge >= 0.3 is 0 Å². The summed E-state index contributed by atoms with van der Waals surface area (Å²) < 4.78 is 42.1. The molecule has 0 radical (unpaired) electrons. The molecule has 0 fully saturated rings. The van der Waals surface area contributed by atoms with Gasteiger partial charge in [0.25, 0.3) is 15.9 Å². The third-order valence-electron chi connectivity index (χ3n) is 8.91. The fourth-order valence-corrected chi connectivity index (χ4v) is 7.45. The summed E-state index contributed by atoms with van der Waals surface area (Å²) in [5.74, 6) is 1.01.